The molecule has 1 amide bonds. The third-order valence-electron chi connectivity index (χ3n) is 8.55. The molecule has 244 valence electrons. The SMILES string of the molecule is [C-]#[N+]C[C@H]1CN(c2nc(OC[C@@H]3CCCN3C)nc3c(F)c(-c4cc(Cl)ccc4OC)ccc23)CCN1C(=O)/C(F)=C/c1nccs1. The number of thiazole rings is 1. The molecule has 10 nitrogen and oxygen atoms in total. The summed E-state index contributed by atoms with van der Waals surface area (Å²) in [6.45, 7) is 9.32. The molecule has 0 N–H and O–H groups in total. The highest BCUT2D eigenvalue weighted by Crippen LogP contribution is 2.39. The average Bonchev–Trinajstić information content (AvgIpc) is 3.75. The molecule has 14 heteroatoms. The van der Waals surface area contributed by atoms with Crippen molar-refractivity contribution in [2.24, 2.45) is 0 Å². The second kappa shape index (κ2) is 14.2. The van der Waals surface area contributed by atoms with Crippen molar-refractivity contribution in [2.75, 3.05) is 58.4 Å². The smallest absolute Gasteiger partial charge is 0.319 e. The van der Waals surface area contributed by atoms with Crippen LogP contribution in [0, 0.1) is 12.4 Å². The quantitative estimate of drug-likeness (QED) is 0.158. The van der Waals surface area contributed by atoms with Crippen LogP contribution in [0.4, 0.5) is 14.6 Å². The molecule has 2 fully saturated rings. The van der Waals surface area contributed by atoms with Gasteiger partial charge in [0.25, 0.3) is 5.91 Å². The van der Waals surface area contributed by atoms with Crippen molar-refractivity contribution in [3.63, 3.8) is 0 Å². The Balaban J connectivity index is 1.37. The molecule has 0 spiro atoms. The van der Waals surface area contributed by atoms with E-state index < -0.39 is 23.6 Å². The molecular weight excluding hydrogens is 648 g/mol. The number of ether oxygens (including phenoxy) is 2. The van der Waals surface area contributed by atoms with Gasteiger partial charge in [0.15, 0.2) is 11.6 Å². The van der Waals surface area contributed by atoms with E-state index in [2.05, 4.69) is 19.7 Å². The van der Waals surface area contributed by atoms with Gasteiger partial charge in [0.2, 0.25) is 6.54 Å². The van der Waals surface area contributed by atoms with Crippen LogP contribution in [0.3, 0.4) is 0 Å². The first-order valence-electron chi connectivity index (χ1n) is 15.1. The van der Waals surface area contributed by atoms with Gasteiger partial charge in [-0.1, -0.05) is 17.7 Å². The molecule has 2 aliphatic heterocycles. The van der Waals surface area contributed by atoms with Crippen molar-refractivity contribution in [3.05, 3.63) is 75.0 Å². The summed E-state index contributed by atoms with van der Waals surface area (Å²) in [7, 11) is 3.54. The number of amides is 1. The van der Waals surface area contributed by atoms with E-state index in [0.717, 1.165) is 25.5 Å². The summed E-state index contributed by atoms with van der Waals surface area (Å²) in [5, 5.41) is 2.91. The van der Waals surface area contributed by atoms with Crippen molar-refractivity contribution in [1.29, 1.82) is 0 Å². The number of carbonyl (C=O) groups is 1. The summed E-state index contributed by atoms with van der Waals surface area (Å²) < 4.78 is 43.1. The number of hydrogen-bond donors (Lipinski definition) is 0. The predicted octanol–water partition coefficient (Wildman–Crippen LogP) is 5.97. The van der Waals surface area contributed by atoms with Crippen molar-refractivity contribution in [1.82, 2.24) is 24.8 Å². The molecular formula is C33H32ClF2N7O3S. The number of benzene rings is 2. The van der Waals surface area contributed by atoms with Gasteiger partial charge >= 0.3 is 6.01 Å². The van der Waals surface area contributed by atoms with Crippen molar-refractivity contribution in [3.8, 4) is 22.9 Å². The van der Waals surface area contributed by atoms with E-state index in [9.17, 15) is 4.79 Å². The maximum Gasteiger partial charge on any atom is 0.319 e. The number of hydrogen-bond acceptors (Lipinski definition) is 9. The zero-order valence-electron chi connectivity index (χ0n) is 25.8. The summed E-state index contributed by atoms with van der Waals surface area (Å²) in [5.41, 5.74) is 0.750. The Labute approximate surface area is 280 Å². The third kappa shape index (κ3) is 6.86. The van der Waals surface area contributed by atoms with Gasteiger partial charge < -0.3 is 29.0 Å². The molecule has 4 heterocycles. The lowest BCUT2D eigenvalue weighted by Crippen LogP contribution is -2.56. The van der Waals surface area contributed by atoms with Crippen LogP contribution in [0.5, 0.6) is 11.8 Å². The largest absolute Gasteiger partial charge is 0.496 e. The Kier molecular flexibility index (Phi) is 9.81. The van der Waals surface area contributed by atoms with E-state index >= 15 is 8.78 Å². The Morgan fingerprint density at radius 1 is 1.19 bits per heavy atom. The molecule has 2 atom stereocenters. The van der Waals surface area contributed by atoms with Gasteiger partial charge in [-0.05, 0) is 50.7 Å². The summed E-state index contributed by atoms with van der Waals surface area (Å²) in [5.74, 6) is -1.52. The first kappa shape index (κ1) is 32.6. The van der Waals surface area contributed by atoms with E-state index in [1.807, 2.05) is 11.9 Å². The molecule has 2 aliphatic rings. The highest BCUT2D eigenvalue weighted by atomic mass is 35.5. The summed E-state index contributed by atoms with van der Waals surface area (Å²) >= 11 is 7.49. The third-order valence-corrected chi connectivity index (χ3v) is 9.50. The van der Waals surface area contributed by atoms with Crippen molar-refractivity contribution >= 4 is 51.6 Å². The van der Waals surface area contributed by atoms with Crippen LogP contribution >= 0.6 is 22.9 Å². The van der Waals surface area contributed by atoms with Crippen LogP contribution in [0.25, 0.3) is 33.0 Å². The van der Waals surface area contributed by atoms with E-state index in [0.29, 0.717) is 39.2 Å². The van der Waals surface area contributed by atoms with Crippen LogP contribution < -0.4 is 14.4 Å². The fraction of sp³-hybridized carbons (Fsp3) is 0.364. The van der Waals surface area contributed by atoms with Crippen molar-refractivity contribution in [2.45, 2.75) is 24.9 Å². The standard InChI is InChI=1S/C33H32ClF2N7O3S/c1-37-17-22-18-42(12-13-43(22)32(44)26(35)16-28-38-10-14-47-28)31-24-8-7-23(25-15-20(34)6-9-27(25)45-3)29(36)30(24)39-33(40-31)46-19-21-5-4-11-41(21)2/h6-10,14-16,21-22H,4-5,11-13,17-19H2,2-3H3/b26-16-/t21-,22-/m0/s1. The monoisotopic (exact) mass is 679 g/mol. The number of methoxy groups -OCH3 is 1. The lowest BCUT2D eigenvalue weighted by atomic mass is 10.0. The fourth-order valence-corrected chi connectivity index (χ4v) is 6.81. The van der Waals surface area contributed by atoms with Crippen LogP contribution in [0.1, 0.15) is 17.8 Å². The predicted molar refractivity (Wildman–Crippen MR) is 178 cm³/mol. The summed E-state index contributed by atoms with van der Waals surface area (Å²) in [6.07, 6.45) is 4.65. The topological polar surface area (TPSA) is 88.3 Å². The number of fused-ring (bicyclic) bond motifs is 1. The van der Waals surface area contributed by atoms with E-state index in [4.69, 9.17) is 32.6 Å². The van der Waals surface area contributed by atoms with Crippen LogP contribution in [0.2, 0.25) is 5.02 Å². The number of anilines is 1. The van der Waals surface area contributed by atoms with E-state index in [1.54, 1.807) is 35.7 Å². The number of piperazine rings is 1. The number of aromatic nitrogens is 3. The maximum absolute atomic E-state index is 16.5. The average molecular weight is 680 g/mol. The number of likely N-dealkylation sites (N-methyl/N-ethyl adjacent to an activating group) is 1. The van der Waals surface area contributed by atoms with Gasteiger partial charge in [-0.25, -0.2) is 20.3 Å². The first-order valence-corrected chi connectivity index (χ1v) is 16.4. The van der Waals surface area contributed by atoms with Crippen molar-refractivity contribution < 1.29 is 23.0 Å². The van der Waals surface area contributed by atoms with Gasteiger partial charge in [-0.3, -0.25) is 4.79 Å². The van der Waals surface area contributed by atoms with Gasteiger partial charge in [-0.2, -0.15) is 9.97 Å². The number of halogens is 3. The Morgan fingerprint density at radius 2 is 2.04 bits per heavy atom. The van der Waals surface area contributed by atoms with Crippen LogP contribution in [-0.4, -0.2) is 96.2 Å². The molecule has 0 bridgehead atoms. The first-order chi connectivity index (χ1) is 22.8. The molecule has 6 rings (SSSR count). The van der Waals surface area contributed by atoms with Crippen LogP contribution in [0.15, 0.2) is 47.7 Å². The van der Waals surface area contributed by atoms with Crippen LogP contribution in [-0.2, 0) is 4.79 Å². The minimum Gasteiger partial charge on any atom is -0.496 e. The summed E-state index contributed by atoms with van der Waals surface area (Å²) in [6, 6.07) is 7.87. The van der Waals surface area contributed by atoms with Gasteiger partial charge in [0, 0.05) is 64.9 Å². The van der Waals surface area contributed by atoms with E-state index in [1.165, 1.54) is 29.5 Å². The zero-order valence-corrected chi connectivity index (χ0v) is 27.4. The van der Waals surface area contributed by atoms with Gasteiger partial charge in [0.1, 0.15) is 34.7 Å². The Bertz CT molecular complexity index is 1850. The Hall–Kier alpha value is -4.38. The van der Waals surface area contributed by atoms with Gasteiger partial charge in [0.05, 0.1) is 7.11 Å². The molecule has 2 aromatic heterocycles. The number of nitrogens with zero attached hydrogens (tertiary/aromatic N) is 7. The second-order valence-corrected chi connectivity index (χ2v) is 12.7. The molecule has 4 aromatic rings. The molecule has 2 saturated heterocycles. The molecule has 0 aliphatic carbocycles. The van der Waals surface area contributed by atoms with E-state index in [-0.39, 0.29) is 49.3 Å². The highest BCUT2D eigenvalue weighted by Gasteiger charge is 2.36. The lowest BCUT2D eigenvalue weighted by molar-refractivity contribution is -0.130. The normalized spacial score (nSPS) is 18.9. The fourth-order valence-electron chi connectivity index (χ4n) is 6.08. The zero-order chi connectivity index (χ0) is 33.1. The maximum atomic E-state index is 16.5. The number of carbonyl (C=O) groups excluding carboxylic acids is 1. The molecule has 2 aromatic carbocycles. The van der Waals surface area contributed by atoms with Gasteiger partial charge in [-0.15, -0.1) is 11.3 Å². The molecule has 0 radical (unpaired) electrons. The molecule has 47 heavy (non-hydrogen) atoms. The minimum atomic E-state index is -0.950. The lowest BCUT2D eigenvalue weighted by Gasteiger charge is -2.39. The Morgan fingerprint density at radius 3 is 2.77 bits per heavy atom. The number of rotatable bonds is 9. The molecule has 0 saturated carbocycles. The molecule has 0 unspecified atom stereocenters. The number of likely N-dealkylation sites (tertiary alicyclic amines) is 1. The highest BCUT2D eigenvalue weighted by molar-refractivity contribution is 7.10. The summed E-state index contributed by atoms with van der Waals surface area (Å²) in [4.78, 5) is 35.4. The second-order valence-electron chi connectivity index (χ2n) is 11.4. The minimum absolute atomic E-state index is 0.0135.